The third-order valence-electron chi connectivity index (χ3n) is 3.07. The maximum atomic E-state index is 11.3. The van der Waals surface area contributed by atoms with E-state index in [1.165, 1.54) is 24.2 Å². The monoisotopic (exact) mass is 259 g/mol. The maximum absolute atomic E-state index is 11.3. The molecule has 3 nitrogen and oxygen atoms in total. The van der Waals surface area contributed by atoms with Crippen molar-refractivity contribution in [2.75, 3.05) is 0 Å². The highest BCUT2D eigenvalue weighted by Crippen LogP contribution is 2.37. The first kappa shape index (κ1) is 11.4. The zero-order valence-electron chi connectivity index (χ0n) is 9.80. The van der Waals surface area contributed by atoms with E-state index in [1.807, 2.05) is 30.3 Å². The fourth-order valence-electron chi connectivity index (χ4n) is 1.95. The maximum Gasteiger partial charge on any atom is 0.356 e. The van der Waals surface area contributed by atoms with Crippen molar-refractivity contribution in [2.24, 2.45) is 5.92 Å². The molecule has 1 aliphatic rings. The van der Waals surface area contributed by atoms with Gasteiger partial charge < -0.3 is 5.11 Å². The molecule has 0 bridgehead atoms. The zero-order chi connectivity index (χ0) is 12.5. The van der Waals surface area contributed by atoms with Gasteiger partial charge in [0.1, 0.15) is 0 Å². The molecule has 0 unspecified atom stereocenters. The van der Waals surface area contributed by atoms with Crippen molar-refractivity contribution in [1.29, 1.82) is 0 Å². The Morgan fingerprint density at radius 1 is 1.33 bits per heavy atom. The molecule has 2 aromatic rings. The van der Waals surface area contributed by atoms with Crippen molar-refractivity contribution < 1.29 is 9.90 Å². The Labute approximate surface area is 109 Å². The van der Waals surface area contributed by atoms with Crippen LogP contribution in [0.3, 0.4) is 0 Å². The lowest BCUT2D eigenvalue weighted by Gasteiger charge is -1.97. The van der Waals surface area contributed by atoms with E-state index in [4.69, 9.17) is 0 Å². The molecular weight excluding hydrogens is 246 g/mol. The average Bonchev–Trinajstić information content (AvgIpc) is 3.07. The van der Waals surface area contributed by atoms with Gasteiger partial charge in [0.2, 0.25) is 0 Å². The molecule has 1 aliphatic carbocycles. The van der Waals surface area contributed by atoms with Gasteiger partial charge in [-0.3, -0.25) is 0 Å². The van der Waals surface area contributed by atoms with Crippen LogP contribution >= 0.6 is 11.3 Å². The van der Waals surface area contributed by atoms with Crippen molar-refractivity contribution >= 4 is 17.3 Å². The first-order valence-corrected chi connectivity index (χ1v) is 6.84. The molecule has 0 spiro atoms. The van der Waals surface area contributed by atoms with E-state index >= 15 is 0 Å². The number of nitrogens with zero attached hydrogens (tertiary/aromatic N) is 1. The Morgan fingerprint density at radius 3 is 2.67 bits per heavy atom. The summed E-state index contributed by atoms with van der Waals surface area (Å²) in [4.78, 5) is 16.3. The average molecular weight is 259 g/mol. The molecule has 1 fully saturated rings. The summed E-state index contributed by atoms with van der Waals surface area (Å²) < 4.78 is 0. The second-order valence-electron chi connectivity index (χ2n) is 4.60. The number of aromatic carboxylic acids is 1. The highest BCUT2D eigenvalue weighted by molar-refractivity contribution is 7.15. The Hall–Kier alpha value is -1.68. The van der Waals surface area contributed by atoms with Gasteiger partial charge in [-0.2, -0.15) is 0 Å². The van der Waals surface area contributed by atoms with E-state index in [9.17, 15) is 9.90 Å². The Morgan fingerprint density at radius 2 is 2.06 bits per heavy atom. The second-order valence-corrected chi connectivity index (χ2v) is 5.69. The quantitative estimate of drug-likeness (QED) is 0.914. The van der Waals surface area contributed by atoms with Crippen molar-refractivity contribution in [3.63, 3.8) is 0 Å². The van der Waals surface area contributed by atoms with Crippen LogP contribution in [-0.2, 0) is 6.42 Å². The summed E-state index contributed by atoms with van der Waals surface area (Å²) in [6.45, 7) is 0. The standard InChI is InChI=1S/C14H13NO2S/c16-14(17)12-13(10-4-2-1-3-5-10)18-11(15-12)8-9-6-7-9/h1-5,9H,6-8H2,(H,16,17). The predicted octanol–water partition coefficient (Wildman–Crippen LogP) is 3.46. The summed E-state index contributed by atoms with van der Waals surface area (Å²) in [6.07, 6.45) is 3.43. The van der Waals surface area contributed by atoms with Crippen LogP contribution in [0.25, 0.3) is 10.4 Å². The molecule has 18 heavy (non-hydrogen) atoms. The minimum absolute atomic E-state index is 0.196. The van der Waals surface area contributed by atoms with Crippen LogP contribution in [0.1, 0.15) is 28.3 Å². The molecule has 0 saturated heterocycles. The van der Waals surface area contributed by atoms with Crippen LogP contribution in [0.4, 0.5) is 0 Å². The molecule has 0 radical (unpaired) electrons. The molecule has 1 saturated carbocycles. The first-order valence-electron chi connectivity index (χ1n) is 6.02. The highest BCUT2D eigenvalue weighted by Gasteiger charge is 2.25. The molecule has 1 heterocycles. The van der Waals surface area contributed by atoms with Crippen molar-refractivity contribution in [1.82, 2.24) is 4.98 Å². The largest absolute Gasteiger partial charge is 0.476 e. The highest BCUT2D eigenvalue weighted by atomic mass is 32.1. The number of thiazole rings is 1. The van der Waals surface area contributed by atoms with Crippen molar-refractivity contribution in [3.8, 4) is 10.4 Å². The fourth-order valence-corrected chi connectivity index (χ4v) is 3.13. The normalized spacial score (nSPS) is 14.7. The number of hydrogen-bond donors (Lipinski definition) is 1. The molecule has 4 heteroatoms. The molecule has 1 aromatic heterocycles. The number of rotatable bonds is 4. The molecule has 92 valence electrons. The molecule has 3 rings (SSSR count). The van der Waals surface area contributed by atoms with Gasteiger partial charge in [-0.05, 0) is 24.3 Å². The van der Waals surface area contributed by atoms with Gasteiger partial charge in [-0.25, -0.2) is 9.78 Å². The third-order valence-corrected chi connectivity index (χ3v) is 4.20. The summed E-state index contributed by atoms with van der Waals surface area (Å²) in [7, 11) is 0. The van der Waals surface area contributed by atoms with Crippen LogP contribution in [0, 0.1) is 5.92 Å². The fraction of sp³-hybridized carbons (Fsp3) is 0.286. The first-order chi connectivity index (χ1) is 8.74. The van der Waals surface area contributed by atoms with Crippen LogP contribution in [-0.4, -0.2) is 16.1 Å². The summed E-state index contributed by atoms with van der Waals surface area (Å²) in [6, 6.07) is 9.63. The number of hydrogen-bond acceptors (Lipinski definition) is 3. The lowest BCUT2D eigenvalue weighted by Crippen LogP contribution is -1.99. The summed E-state index contributed by atoms with van der Waals surface area (Å²) in [5, 5.41) is 10.2. The number of carboxylic acids is 1. The summed E-state index contributed by atoms with van der Waals surface area (Å²) in [5.41, 5.74) is 1.14. The molecule has 1 aromatic carbocycles. The van der Waals surface area contributed by atoms with E-state index in [0.29, 0.717) is 0 Å². The minimum Gasteiger partial charge on any atom is -0.476 e. The molecule has 1 N–H and O–H groups in total. The molecule has 0 aliphatic heterocycles. The van der Waals surface area contributed by atoms with Crippen LogP contribution in [0.15, 0.2) is 30.3 Å². The van der Waals surface area contributed by atoms with Gasteiger partial charge in [0.25, 0.3) is 0 Å². The van der Waals surface area contributed by atoms with Gasteiger partial charge in [-0.1, -0.05) is 30.3 Å². The van der Waals surface area contributed by atoms with Gasteiger partial charge in [0.05, 0.1) is 9.88 Å². The summed E-state index contributed by atoms with van der Waals surface area (Å²) in [5.74, 6) is -0.214. The Balaban J connectivity index is 2.00. The van der Waals surface area contributed by atoms with Crippen molar-refractivity contribution in [3.05, 3.63) is 41.0 Å². The van der Waals surface area contributed by atoms with Crippen LogP contribution in [0.5, 0.6) is 0 Å². The molecule has 0 atom stereocenters. The molecule has 0 amide bonds. The van der Waals surface area contributed by atoms with Crippen LogP contribution < -0.4 is 0 Å². The number of carbonyl (C=O) groups is 1. The van der Waals surface area contributed by atoms with Gasteiger partial charge in [-0.15, -0.1) is 11.3 Å². The van der Waals surface area contributed by atoms with Gasteiger partial charge in [0, 0.05) is 6.42 Å². The summed E-state index contributed by atoms with van der Waals surface area (Å²) >= 11 is 1.52. The molecular formula is C14H13NO2S. The van der Waals surface area contributed by atoms with Gasteiger partial charge in [0.15, 0.2) is 5.69 Å². The second kappa shape index (κ2) is 4.53. The number of benzene rings is 1. The van der Waals surface area contributed by atoms with E-state index in [1.54, 1.807) is 0 Å². The van der Waals surface area contributed by atoms with Crippen LogP contribution in [0.2, 0.25) is 0 Å². The van der Waals surface area contributed by atoms with Crippen molar-refractivity contribution in [2.45, 2.75) is 19.3 Å². The van der Waals surface area contributed by atoms with E-state index < -0.39 is 5.97 Å². The lowest BCUT2D eigenvalue weighted by atomic mass is 10.1. The number of aromatic nitrogens is 1. The van der Waals surface area contributed by atoms with E-state index in [-0.39, 0.29) is 5.69 Å². The predicted molar refractivity (Wildman–Crippen MR) is 70.9 cm³/mol. The Kier molecular flexibility index (Phi) is 2.88. The topological polar surface area (TPSA) is 50.2 Å². The van der Waals surface area contributed by atoms with Gasteiger partial charge >= 0.3 is 5.97 Å². The zero-order valence-corrected chi connectivity index (χ0v) is 10.6. The Bertz CT molecular complexity index is 573. The minimum atomic E-state index is -0.938. The van der Waals surface area contributed by atoms with E-state index in [2.05, 4.69) is 4.98 Å². The smallest absolute Gasteiger partial charge is 0.356 e. The number of carboxylic acid groups (broad SMARTS) is 1. The third kappa shape index (κ3) is 2.29. The lowest BCUT2D eigenvalue weighted by molar-refractivity contribution is 0.0692. The van der Waals surface area contributed by atoms with E-state index in [0.717, 1.165) is 27.8 Å². The SMILES string of the molecule is O=C(O)c1nc(CC2CC2)sc1-c1ccccc1.